The minimum atomic E-state index is -0.321. The maximum atomic E-state index is 12.7. The van der Waals surface area contributed by atoms with Crippen LogP contribution in [0.4, 0.5) is 0 Å². The van der Waals surface area contributed by atoms with Gasteiger partial charge in [0.25, 0.3) is 0 Å². The van der Waals surface area contributed by atoms with E-state index in [2.05, 4.69) is 6.92 Å². The number of likely N-dealkylation sites (N-methyl/N-ethyl adjacent to an activating group) is 1. The van der Waals surface area contributed by atoms with Crippen molar-refractivity contribution >= 4 is 11.9 Å². The van der Waals surface area contributed by atoms with Gasteiger partial charge in [-0.1, -0.05) is 33.1 Å². The molecule has 23 heavy (non-hydrogen) atoms. The molecule has 0 spiro atoms. The minimum Gasteiger partial charge on any atom is -0.465 e. The molecule has 134 valence electrons. The maximum Gasteiger partial charge on any atom is 0.323 e. The third-order valence-corrected chi connectivity index (χ3v) is 4.75. The highest BCUT2D eigenvalue weighted by Gasteiger charge is 2.29. The van der Waals surface area contributed by atoms with Gasteiger partial charge < -0.3 is 9.64 Å². The van der Waals surface area contributed by atoms with Crippen molar-refractivity contribution in [3.8, 4) is 0 Å². The maximum absolute atomic E-state index is 12.7. The zero-order chi connectivity index (χ0) is 17.2. The van der Waals surface area contributed by atoms with Gasteiger partial charge in [0.05, 0.1) is 13.2 Å². The van der Waals surface area contributed by atoms with Crippen LogP contribution in [0.2, 0.25) is 0 Å². The molecule has 1 amide bonds. The zero-order valence-electron chi connectivity index (χ0n) is 15.3. The van der Waals surface area contributed by atoms with Gasteiger partial charge in [0.2, 0.25) is 5.91 Å². The first kappa shape index (κ1) is 19.9. The van der Waals surface area contributed by atoms with Gasteiger partial charge in [0, 0.05) is 13.1 Å². The monoisotopic (exact) mass is 326 g/mol. The molecule has 5 heteroatoms. The first-order valence-electron chi connectivity index (χ1n) is 9.21. The number of carbonyl (C=O) groups is 2. The van der Waals surface area contributed by atoms with E-state index in [0.717, 1.165) is 25.8 Å². The van der Waals surface area contributed by atoms with Crippen molar-refractivity contribution in [3.63, 3.8) is 0 Å². The molecule has 1 rings (SSSR count). The summed E-state index contributed by atoms with van der Waals surface area (Å²) >= 11 is 0. The Kier molecular flexibility index (Phi) is 9.22. The Labute approximate surface area is 141 Å². The van der Waals surface area contributed by atoms with Crippen LogP contribution < -0.4 is 0 Å². The Bertz CT molecular complexity index is 367. The van der Waals surface area contributed by atoms with Gasteiger partial charge in [-0.25, -0.2) is 0 Å². The van der Waals surface area contributed by atoms with Crippen molar-refractivity contribution in [2.24, 2.45) is 0 Å². The largest absolute Gasteiger partial charge is 0.465 e. The summed E-state index contributed by atoms with van der Waals surface area (Å²) in [7, 11) is 1.91. The molecule has 1 unspecified atom stereocenters. The molecule has 5 nitrogen and oxygen atoms in total. The summed E-state index contributed by atoms with van der Waals surface area (Å²) in [4.78, 5) is 28.7. The van der Waals surface area contributed by atoms with Gasteiger partial charge in [-0.2, -0.15) is 0 Å². The number of ether oxygens (including phenoxy) is 1. The van der Waals surface area contributed by atoms with Crippen molar-refractivity contribution in [2.75, 3.05) is 26.7 Å². The fourth-order valence-corrected chi connectivity index (χ4v) is 3.40. The number of rotatable bonds is 9. The fraction of sp³-hybridized carbons (Fsp3) is 0.889. The molecule has 0 aliphatic heterocycles. The third kappa shape index (κ3) is 6.13. The highest BCUT2D eigenvalue weighted by molar-refractivity contribution is 5.80. The van der Waals surface area contributed by atoms with Gasteiger partial charge >= 0.3 is 5.97 Å². The molecular weight excluding hydrogens is 292 g/mol. The van der Waals surface area contributed by atoms with E-state index in [1.54, 1.807) is 0 Å². The molecule has 1 saturated carbocycles. The van der Waals surface area contributed by atoms with Crippen LogP contribution in [0.25, 0.3) is 0 Å². The van der Waals surface area contributed by atoms with Crippen molar-refractivity contribution in [3.05, 3.63) is 0 Å². The van der Waals surface area contributed by atoms with Crippen molar-refractivity contribution in [2.45, 2.75) is 77.8 Å². The molecule has 1 fully saturated rings. The summed E-state index contributed by atoms with van der Waals surface area (Å²) in [5.74, 6) is -0.0929. The molecule has 0 aromatic rings. The predicted molar refractivity (Wildman–Crippen MR) is 92.2 cm³/mol. The van der Waals surface area contributed by atoms with Crippen LogP contribution in [0.5, 0.6) is 0 Å². The first-order chi connectivity index (χ1) is 11.0. The van der Waals surface area contributed by atoms with E-state index >= 15 is 0 Å². The van der Waals surface area contributed by atoms with Gasteiger partial charge in [-0.3, -0.25) is 14.5 Å². The molecule has 0 aromatic heterocycles. The average molecular weight is 326 g/mol. The van der Waals surface area contributed by atoms with E-state index in [4.69, 9.17) is 4.74 Å². The summed E-state index contributed by atoms with van der Waals surface area (Å²) < 4.78 is 5.18. The standard InChI is InChI=1S/C18H34N2O3/c1-5-13-20(16(6-2)18(22)23-7-3)14-17(21)19(4)15-11-9-8-10-12-15/h15-16H,5-14H2,1-4H3. The Balaban J connectivity index is 2.68. The lowest BCUT2D eigenvalue weighted by molar-refractivity contribution is -0.150. The highest BCUT2D eigenvalue weighted by Crippen LogP contribution is 2.22. The lowest BCUT2D eigenvalue weighted by atomic mass is 9.94. The van der Waals surface area contributed by atoms with E-state index in [-0.39, 0.29) is 17.9 Å². The van der Waals surface area contributed by atoms with Gasteiger partial charge in [-0.15, -0.1) is 0 Å². The van der Waals surface area contributed by atoms with Crippen molar-refractivity contribution in [1.82, 2.24) is 9.80 Å². The van der Waals surface area contributed by atoms with Crippen LogP contribution >= 0.6 is 0 Å². The first-order valence-corrected chi connectivity index (χ1v) is 9.21. The fourth-order valence-electron chi connectivity index (χ4n) is 3.40. The van der Waals surface area contributed by atoms with Crippen LogP contribution in [-0.2, 0) is 14.3 Å². The number of hydrogen-bond acceptors (Lipinski definition) is 4. The summed E-state index contributed by atoms with van der Waals surface area (Å²) in [6.45, 7) is 7.28. The number of nitrogens with zero attached hydrogens (tertiary/aromatic N) is 2. The van der Waals surface area contributed by atoms with Crippen molar-refractivity contribution < 1.29 is 14.3 Å². The summed E-state index contributed by atoms with van der Waals surface area (Å²) in [6.07, 6.45) is 7.48. The molecule has 0 N–H and O–H groups in total. The van der Waals surface area contributed by atoms with Crippen molar-refractivity contribution in [1.29, 1.82) is 0 Å². The van der Waals surface area contributed by atoms with E-state index in [0.29, 0.717) is 25.6 Å². The van der Waals surface area contributed by atoms with Gasteiger partial charge in [0.1, 0.15) is 6.04 Å². The number of amides is 1. The second-order valence-electron chi connectivity index (χ2n) is 6.44. The molecule has 0 bridgehead atoms. The Morgan fingerprint density at radius 1 is 1.13 bits per heavy atom. The molecule has 1 atom stereocenters. The van der Waals surface area contributed by atoms with E-state index in [1.165, 1.54) is 19.3 Å². The smallest absolute Gasteiger partial charge is 0.323 e. The van der Waals surface area contributed by atoms with Gasteiger partial charge in [0.15, 0.2) is 0 Å². The number of esters is 1. The van der Waals surface area contributed by atoms with E-state index in [1.807, 2.05) is 30.7 Å². The molecule has 0 heterocycles. The number of carbonyl (C=O) groups excluding carboxylic acids is 2. The lowest BCUT2D eigenvalue weighted by Crippen LogP contribution is -2.49. The molecule has 0 saturated heterocycles. The van der Waals surface area contributed by atoms with Crippen LogP contribution in [0.15, 0.2) is 0 Å². The number of hydrogen-bond donors (Lipinski definition) is 0. The van der Waals surface area contributed by atoms with Crippen LogP contribution in [0, 0.1) is 0 Å². The molecule has 0 aromatic carbocycles. The predicted octanol–water partition coefficient (Wildman–Crippen LogP) is 2.83. The zero-order valence-corrected chi connectivity index (χ0v) is 15.3. The second-order valence-corrected chi connectivity index (χ2v) is 6.44. The molecule has 0 radical (unpaired) electrons. The second kappa shape index (κ2) is 10.6. The summed E-state index contributed by atoms with van der Waals surface area (Å²) in [5, 5.41) is 0. The highest BCUT2D eigenvalue weighted by atomic mass is 16.5. The topological polar surface area (TPSA) is 49.9 Å². The average Bonchev–Trinajstić information content (AvgIpc) is 2.56. The summed E-state index contributed by atoms with van der Waals surface area (Å²) in [6, 6.07) is 0.0426. The molecular formula is C18H34N2O3. The Morgan fingerprint density at radius 2 is 1.78 bits per heavy atom. The van der Waals surface area contributed by atoms with Crippen LogP contribution in [0.3, 0.4) is 0 Å². The van der Waals surface area contributed by atoms with E-state index < -0.39 is 0 Å². The minimum absolute atomic E-state index is 0.119. The van der Waals surface area contributed by atoms with E-state index in [9.17, 15) is 9.59 Å². The Hall–Kier alpha value is -1.10. The Morgan fingerprint density at radius 3 is 2.30 bits per heavy atom. The summed E-state index contributed by atoms with van der Waals surface area (Å²) in [5.41, 5.74) is 0. The molecule has 1 aliphatic rings. The molecule has 1 aliphatic carbocycles. The lowest BCUT2D eigenvalue weighted by Gasteiger charge is -2.34. The SMILES string of the molecule is CCCN(CC(=O)N(C)C1CCCCC1)C(CC)C(=O)OCC. The van der Waals surface area contributed by atoms with Crippen LogP contribution in [0.1, 0.15) is 65.7 Å². The van der Waals surface area contributed by atoms with Crippen LogP contribution in [-0.4, -0.2) is 60.5 Å². The van der Waals surface area contributed by atoms with Gasteiger partial charge in [-0.05, 0) is 39.2 Å². The normalized spacial score (nSPS) is 17.1. The quantitative estimate of drug-likeness (QED) is 0.611. The third-order valence-electron chi connectivity index (χ3n) is 4.75.